The van der Waals surface area contributed by atoms with Gasteiger partial charge in [-0.05, 0) is 42.5 Å². The first kappa shape index (κ1) is 21.9. The molecule has 1 heterocycles. The zero-order valence-electron chi connectivity index (χ0n) is 15.6. The maximum absolute atomic E-state index is 12.3. The summed E-state index contributed by atoms with van der Waals surface area (Å²) in [7, 11) is -7.08. The van der Waals surface area contributed by atoms with Crippen molar-refractivity contribution in [3.8, 4) is 11.5 Å². The monoisotopic (exact) mass is 469 g/mol. The predicted octanol–water partition coefficient (Wildman–Crippen LogP) is 2.60. The zero-order chi connectivity index (χ0) is 21.9. The lowest BCUT2D eigenvalue weighted by Crippen LogP contribution is -2.17. The Kier molecular flexibility index (Phi) is 6.25. The van der Waals surface area contributed by atoms with Crippen LogP contribution >= 0.6 is 11.6 Å². The van der Waals surface area contributed by atoms with E-state index in [1.54, 1.807) is 6.07 Å². The summed E-state index contributed by atoms with van der Waals surface area (Å²) in [5.74, 6) is -1.05. The van der Waals surface area contributed by atoms with E-state index in [2.05, 4.69) is 15.5 Å². The maximum atomic E-state index is 12.3. The van der Waals surface area contributed by atoms with Crippen molar-refractivity contribution in [2.45, 2.75) is 16.2 Å². The van der Waals surface area contributed by atoms with Crippen molar-refractivity contribution in [2.24, 2.45) is 0 Å². The maximum Gasteiger partial charge on any atom is 0.322 e. The van der Waals surface area contributed by atoms with Crippen molar-refractivity contribution in [1.82, 2.24) is 10.2 Å². The molecule has 0 spiro atoms. The molecule has 0 bridgehead atoms. The Balaban J connectivity index is 1.65. The summed E-state index contributed by atoms with van der Waals surface area (Å²) < 4.78 is 53.2. The molecule has 0 aliphatic heterocycles. The number of carbonyl (C=O) groups excluding carboxylic acids is 1. The van der Waals surface area contributed by atoms with Gasteiger partial charge in [0, 0.05) is 23.3 Å². The van der Waals surface area contributed by atoms with Crippen molar-refractivity contribution in [3.63, 3.8) is 0 Å². The number of anilines is 1. The summed E-state index contributed by atoms with van der Waals surface area (Å²) in [4.78, 5) is 12.2. The van der Waals surface area contributed by atoms with Gasteiger partial charge in [-0.25, -0.2) is 16.8 Å². The summed E-state index contributed by atoms with van der Waals surface area (Å²) in [6.45, 7) is 0. The molecule has 0 atom stereocenters. The van der Waals surface area contributed by atoms with Crippen LogP contribution in [0, 0.1) is 0 Å². The van der Waals surface area contributed by atoms with Crippen LogP contribution in [0.4, 0.5) is 6.01 Å². The van der Waals surface area contributed by atoms with Crippen LogP contribution in [0.15, 0.2) is 62.7 Å². The van der Waals surface area contributed by atoms with Crippen molar-refractivity contribution >= 4 is 43.2 Å². The highest BCUT2D eigenvalue weighted by molar-refractivity contribution is 7.91. The third kappa shape index (κ3) is 5.43. The first-order valence-electron chi connectivity index (χ1n) is 8.47. The molecule has 1 aromatic heterocycles. The lowest BCUT2D eigenvalue weighted by molar-refractivity contribution is -0.115. The molecule has 158 valence electrons. The summed E-state index contributed by atoms with van der Waals surface area (Å²) in [6, 6.07) is 11.3. The van der Waals surface area contributed by atoms with Crippen molar-refractivity contribution in [1.29, 1.82) is 0 Å². The van der Waals surface area contributed by atoms with Gasteiger partial charge in [-0.2, -0.15) is 0 Å². The quantitative estimate of drug-likeness (QED) is 0.557. The standard InChI is InChI=1S/C18H16ClN3O6S2/c1-29(24,25)15-4-2-3-12(11-15)17-21-22-18(28-17)20-16(23)9-10-30(26,27)14-7-5-13(19)6-8-14/h2-8,11H,9-10H2,1H3,(H,20,22,23). The fourth-order valence-electron chi connectivity index (χ4n) is 2.42. The zero-order valence-corrected chi connectivity index (χ0v) is 18.0. The Morgan fingerprint density at radius 2 is 1.73 bits per heavy atom. The van der Waals surface area contributed by atoms with Crippen LogP contribution in [-0.4, -0.2) is 44.9 Å². The van der Waals surface area contributed by atoms with E-state index in [0.717, 1.165) is 6.26 Å². The molecular formula is C18H16ClN3O6S2. The Morgan fingerprint density at radius 1 is 1.03 bits per heavy atom. The van der Waals surface area contributed by atoms with Gasteiger partial charge in [-0.1, -0.05) is 22.8 Å². The van der Waals surface area contributed by atoms with E-state index >= 15 is 0 Å². The molecule has 0 fully saturated rings. The van der Waals surface area contributed by atoms with Gasteiger partial charge in [-0.3, -0.25) is 10.1 Å². The minimum absolute atomic E-state index is 0.00425. The molecule has 0 aliphatic rings. The Labute approximate surface area is 177 Å². The lowest BCUT2D eigenvalue weighted by Gasteiger charge is -2.04. The topological polar surface area (TPSA) is 136 Å². The van der Waals surface area contributed by atoms with Gasteiger partial charge < -0.3 is 4.42 Å². The molecule has 9 nitrogen and oxygen atoms in total. The van der Waals surface area contributed by atoms with E-state index in [1.807, 2.05) is 0 Å². The van der Waals surface area contributed by atoms with E-state index in [9.17, 15) is 21.6 Å². The molecular weight excluding hydrogens is 454 g/mol. The summed E-state index contributed by atoms with van der Waals surface area (Å²) in [6.07, 6.45) is 0.746. The van der Waals surface area contributed by atoms with Crippen LogP contribution in [0.25, 0.3) is 11.5 Å². The molecule has 0 saturated heterocycles. The highest BCUT2D eigenvalue weighted by Gasteiger charge is 2.18. The molecule has 3 rings (SSSR count). The van der Waals surface area contributed by atoms with E-state index in [0.29, 0.717) is 10.6 Å². The summed E-state index contributed by atoms with van der Waals surface area (Å²) >= 11 is 5.74. The molecule has 0 aliphatic carbocycles. The van der Waals surface area contributed by atoms with Crippen LogP contribution in [0.3, 0.4) is 0 Å². The van der Waals surface area contributed by atoms with Crippen LogP contribution in [0.5, 0.6) is 0 Å². The van der Waals surface area contributed by atoms with Crippen LogP contribution in [-0.2, 0) is 24.5 Å². The average molecular weight is 470 g/mol. The number of nitrogens with zero attached hydrogens (tertiary/aromatic N) is 2. The van der Waals surface area contributed by atoms with Crippen LogP contribution in [0.2, 0.25) is 5.02 Å². The van der Waals surface area contributed by atoms with Gasteiger partial charge in [0.2, 0.25) is 11.8 Å². The number of halogens is 1. The van der Waals surface area contributed by atoms with Gasteiger partial charge >= 0.3 is 6.01 Å². The predicted molar refractivity (Wildman–Crippen MR) is 110 cm³/mol. The smallest absolute Gasteiger partial charge is 0.322 e. The van der Waals surface area contributed by atoms with E-state index < -0.39 is 31.3 Å². The number of hydrogen-bond donors (Lipinski definition) is 1. The Morgan fingerprint density at radius 3 is 2.40 bits per heavy atom. The summed E-state index contributed by atoms with van der Waals surface area (Å²) in [5.41, 5.74) is 0.358. The SMILES string of the molecule is CS(=O)(=O)c1cccc(-c2nnc(NC(=O)CCS(=O)(=O)c3ccc(Cl)cc3)o2)c1. The largest absolute Gasteiger partial charge is 0.403 e. The average Bonchev–Trinajstić information content (AvgIpc) is 3.15. The minimum Gasteiger partial charge on any atom is -0.403 e. The molecule has 30 heavy (non-hydrogen) atoms. The normalized spacial score (nSPS) is 11.9. The van der Waals surface area contributed by atoms with Crippen LogP contribution < -0.4 is 5.32 Å². The molecule has 0 saturated carbocycles. The Hall–Kier alpha value is -2.76. The highest BCUT2D eigenvalue weighted by atomic mass is 35.5. The molecule has 3 aromatic rings. The number of carbonyl (C=O) groups is 1. The van der Waals surface area contributed by atoms with Gasteiger partial charge in [0.25, 0.3) is 0 Å². The number of aromatic nitrogens is 2. The second-order valence-corrected chi connectivity index (χ2v) is 10.8. The molecule has 1 N–H and O–H groups in total. The minimum atomic E-state index is -3.66. The fraction of sp³-hybridized carbons (Fsp3) is 0.167. The number of nitrogens with one attached hydrogen (secondary N) is 1. The second-order valence-electron chi connectivity index (χ2n) is 6.28. The van der Waals surface area contributed by atoms with E-state index in [-0.39, 0.29) is 28.1 Å². The van der Waals surface area contributed by atoms with Gasteiger partial charge in [0.1, 0.15) is 0 Å². The summed E-state index contributed by atoms with van der Waals surface area (Å²) in [5, 5.41) is 10.2. The van der Waals surface area contributed by atoms with Crippen molar-refractivity contribution < 1.29 is 26.0 Å². The molecule has 2 aromatic carbocycles. The number of rotatable bonds is 7. The van der Waals surface area contributed by atoms with Crippen LogP contribution in [0.1, 0.15) is 6.42 Å². The van der Waals surface area contributed by atoms with Gasteiger partial charge in [0.05, 0.1) is 15.5 Å². The van der Waals surface area contributed by atoms with E-state index in [1.165, 1.54) is 42.5 Å². The molecule has 12 heteroatoms. The first-order chi connectivity index (χ1) is 14.0. The fourth-order valence-corrected chi connectivity index (χ4v) is 4.45. The number of benzene rings is 2. The molecule has 1 amide bonds. The molecule has 0 unspecified atom stereocenters. The van der Waals surface area contributed by atoms with Gasteiger partial charge in [-0.15, -0.1) is 5.10 Å². The highest BCUT2D eigenvalue weighted by Crippen LogP contribution is 2.23. The lowest BCUT2D eigenvalue weighted by atomic mass is 10.2. The third-order valence-corrected chi connectivity index (χ3v) is 7.05. The van der Waals surface area contributed by atoms with Crippen molar-refractivity contribution in [3.05, 3.63) is 53.6 Å². The Bertz CT molecular complexity index is 1290. The number of sulfone groups is 2. The second kappa shape index (κ2) is 8.54. The first-order valence-corrected chi connectivity index (χ1v) is 12.4. The van der Waals surface area contributed by atoms with E-state index in [4.69, 9.17) is 16.0 Å². The number of amides is 1. The van der Waals surface area contributed by atoms with Crippen molar-refractivity contribution in [2.75, 3.05) is 17.3 Å². The van der Waals surface area contributed by atoms with Gasteiger partial charge in [0.15, 0.2) is 19.7 Å². The third-order valence-electron chi connectivity index (χ3n) is 3.95. The number of hydrogen-bond acceptors (Lipinski definition) is 8. The molecule has 0 radical (unpaired) electrons.